The van der Waals surface area contributed by atoms with Gasteiger partial charge in [-0.2, -0.15) is 0 Å². The first-order valence-corrected chi connectivity index (χ1v) is 7.81. The maximum Gasteiger partial charge on any atom is 0.127 e. The van der Waals surface area contributed by atoms with Crippen molar-refractivity contribution >= 4 is 31.9 Å². The zero-order valence-corrected chi connectivity index (χ0v) is 12.7. The molecule has 1 aromatic rings. The molecule has 1 aromatic carbocycles. The number of rotatable bonds is 6. The van der Waals surface area contributed by atoms with Crippen LogP contribution in [0.1, 0.15) is 31.7 Å². The molecule has 0 aliphatic rings. The summed E-state index contributed by atoms with van der Waals surface area (Å²) in [6.07, 6.45) is 3.25. The number of hydrogen-bond donors (Lipinski definition) is 0. The molecule has 90 valence electrons. The molecule has 0 bridgehead atoms. The maximum atomic E-state index is 13.8. The number of hydrogen-bond acceptors (Lipinski definition) is 0. The van der Waals surface area contributed by atoms with Crippen LogP contribution in [0.15, 0.2) is 24.3 Å². The smallest absolute Gasteiger partial charge is 0.127 e. The molecule has 0 amide bonds. The van der Waals surface area contributed by atoms with Crippen molar-refractivity contribution in [1.82, 2.24) is 0 Å². The van der Waals surface area contributed by atoms with Crippen molar-refractivity contribution in [3.8, 4) is 0 Å². The quantitative estimate of drug-likeness (QED) is 0.629. The van der Waals surface area contributed by atoms with Gasteiger partial charge in [-0.3, -0.25) is 0 Å². The zero-order chi connectivity index (χ0) is 12.0. The van der Waals surface area contributed by atoms with Gasteiger partial charge in [-0.1, -0.05) is 69.8 Å². The Morgan fingerprint density at radius 1 is 1.19 bits per heavy atom. The number of alkyl halides is 2. The average Bonchev–Trinajstić information content (AvgIpc) is 2.33. The van der Waals surface area contributed by atoms with E-state index in [1.165, 1.54) is 0 Å². The van der Waals surface area contributed by atoms with Crippen LogP contribution in [0.4, 0.5) is 4.39 Å². The van der Waals surface area contributed by atoms with E-state index in [4.69, 9.17) is 0 Å². The zero-order valence-electron chi connectivity index (χ0n) is 9.48. The van der Waals surface area contributed by atoms with Gasteiger partial charge in [-0.15, -0.1) is 0 Å². The van der Waals surface area contributed by atoms with Crippen LogP contribution in [0, 0.1) is 5.82 Å². The van der Waals surface area contributed by atoms with Gasteiger partial charge in [-0.25, -0.2) is 4.39 Å². The second-order valence-corrected chi connectivity index (χ2v) is 5.25. The molecule has 0 aliphatic carbocycles. The van der Waals surface area contributed by atoms with Crippen molar-refractivity contribution in [2.45, 2.75) is 31.6 Å². The van der Waals surface area contributed by atoms with Gasteiger partial charge in [0.15, 0.2) is 0 Å². The highest BCUT2D eigenvalue weighted by Crippen LogP contribution is 2.35. The number of halogens is 3. The summed E-state index contributed by atoms with van der Waals surface area (Å²) in [6, 6.07) is 7.09. The Bertz CT molecular complexity index is 321. The minimum Gasteiger partial charge on any atom is -0.207 e. The van der Waals surface area contributed by atoms with E-state index in [1.54, 1.807) is 12.1 Å². The summed E-state index contributed by atoms with van der Waals surface area (Å²) in [5, 5.41) is 1.57. The van der Waals surface area contributed by atoms with Crippen LogP contribution in [-0.2, 0) is 5.41 Å². The van der Waals surface area contributed by atoms with Crippen molar-refractivity contribution in [2.75, 3.05) is 10.7 Å². The topological polar surface area (TPSA) is 0 Å². The molecule has 0 saturated heterocycles. The predicted molar refractivity (Wildman–Crippen MR) is 75.2 cm³/mol. The molecule has 0 heterocycles. The third kappa shape index (κ3) is 3.07. The Morgan fingerprint density at radius 2 is 1.81 bits per heavy atom. The summed E-state index contributed by atoms with van der Waals surface area (Å²) in [5.74, 6) is -0.0995. The molecule has 0 saturated carbocycles. The van der Waals surface area contributed by atoms with Crippen molar-refractivity contribution in [3.05, 3.63) is 35.6 Å². The summed E-state index contributed by atoms with van der Waals surface area (Å²) in [6.45, 7) is 2.16. The molecule has 3 heteroatoms. The predicted octanol–water partition coefficient (Wildman–Crippen LogP) is 5.04. The molecular weight excluding hydrogens is 335 g/mol. The van der Waals surface area contributed by atoms with E-state index in [2.05, 4.69) is 38.8 Å². The average molecular weight is 352 g/mol. The van der Waals surface area contributed by atoms with Crippen molar-refractivity contribution < 1.29 is 4.39 Å². The number of unbranched alkanes of at least 4 members (excludes halogenated alkanes) is 1. The van der Waals surface area contributed by atoms with Crippen LogP contribution in [0.2, 0.25) is 0 Å². The van der Waals surface area contributed by atoms with Crippen LogP contribution in [0.5, 0.6) is 0 Å². The Labute approximate surface area is 114 Å². The minimum atomic E-state index is -0.124. The minimum absolute atomic E-state index is 0.0995. The largest absolute Gasteiger partial charge is 0.207 e. The van der Waals surface area contributed by atoms with Gasteiger partial charge in [0.05, 0.1) is 0 Å². The Hall–Kier alpha value is 0.110. The van der Waals surface area contributed by atoms with Crippen molar-refractivity contribution in [2.24, 2.45) is 0 Å². The standard InChI is InChI=1S/C13H17Br2F/c1-2-3-8-13(9-14,10-15)11-6-4-5-7-12(11)16/h4-7H,2-3,8-10H2,1H3. The Morgan fingerprint density at radius 3 is 2.31 bits per heavy atom. The third-order valence-corrected chi connectivity index (χ3v) is 5.11. The van der Waals surface area contributed by atoms with E-state index in [0.29, 0.717) is 0 Å². The van der Waals surface area contributed by atoms with Gasteiger partial charge in [0.1, 0.15) is 5.82 Å². The normalized spacial score (nSPS) is 11.8. The second kappa shape index (κ2) is 6.75. The summed E-state index contributed by atoms with van der Waals surface area (Å²) >= 11 is 7.08. The van der Waals surface area contributed by atoms with Gasteiger partial charge in [0.2, 0.25) is 0 Å². The monoisotopic (exact) mass is 350 g/mol. The summed E-state index contributed by atoms with van der Waals surface area (Å²) < 4.78 is 13.8. The third-order valence-electron chi connectivity index (χ3n) is 2.97. The summed E-state index contributed by atoms with van der Waals surface area (Å²) in [4.78, 5) is 0. The molecule has 0 aromatic heterocycles. The molecule has 0 aliphatic heterocycles. The van der Waals surface area contributed by atoms with Crippen LogP contribution in [0.3, 0.4) is 0 Å². The first-order chi connectivity index (χ1) is 7.70. The molecule has 0 nitrogen and oxygen atoms in total. The second-order valence-electron chi connectivity index (χ2n) is 4.13. The number of benzene rings is 1. The van der Waals surface area contributed by atoms with E-state index >= 15 is 0 Å². The highest BCUT2D eigenvalue weighted by molar-refractivity contribution is 9.09. The maximum absolute atomic E-state index is 13.8. The van der Waals surface area contributed by atoms with Crippen LogP contribution >= 0.6 is 31.9 Å². The molecule has 0 fully saturated rings. The molecule has 0 N–H and O–H groups in total. The van der Waals surface area contributed by atoms with Crippen LogP contribution < -0.4 is 0 Å². The Kier molecular flexibility index (Phi) is 5.98. The molecule has 0 unspecified atom stereocenters. The molecule has 0 radical (unpaired) electrons. The van der Waals surface area contributed by atoms with Crippen molar-refractivity contribution in [1.29, 1.82) is 0 Å². The first kappa shape index (κ1) is 14.2. The Balaban J connectivity index is 3.05. The van der Waals surface area contributed by atoms with Gasteiger partial charge in [-0.05, 0) is 18.1 Å². The summed E-state index contributed by atoms with van der Waals surface area (Å²) in [7, 11) is 0. The van der Waals surface area contributed by atoms with E-state index < -0.39 is 0 Å². The fourth-order valence-corrected chi connectivity index (χ4v) is 3.95. The van der Waals surface area contributed by atoms with Gasteiger partial charge < -0.3 is 0 Å². The SMILES string of the molecule is CCCCC(CBr)(CBr)c1ccccc1F. The lowest BCUT2D eigenvalue weighted by Gasteiger charge is -2.31. The lowest BCUT2D eigenvalue weighted by atomic mass is 9.80. The van der Waals surface area contributed by atoms with E-state index in [1.807, 2.05) is 12.1 Å². The van der Waals surface area contributed by atoms with E-state index in [-0.39, 0.29) is 11.2 Å². The molecule has 0 spiro atoms. The van der Waals surface area contributed by atoms with Crippen LogP contribution in [-0.4, -0.2) is 10.7 Å². The fraction of sp³-hybridized carbons (Fsp3) is 0.538. The van der Waals surface area contributed by atoms with E-state index in [0.717, 1.165) is 35.5 Å². The van der Waals surface area contributed by atoms with Crippen LogP contribution in [0.25, 0.3) is 0 Å². The first-order valence-electron chi connectivity index (χ1n) is 5.57. The highest BCUT2D eigenvalue weighted by atomic mass is 79.9. The van der Waals surface area contributed by atoms with Gasteiger partial charge >= 0.3 is 0 Å². The highest BCUT2D eigenvalue weighted by Gasteiger charge is 2.31. The van der Waals surface area contributed by atoms with Gasteiger partial charge in [0.25, 0.3) is 0 Å². The van der Waals surface area contributed by atoms with Gasteiger partial charge in [0, 0.05) is 16.1 Å². The molecule has 16 heavy (non-hydrogen) atoms. The lowest BCUT2D eigenvalue weighted by molar-refractivity contribution is 0.452. The molecular formula is C13H17Br2F. The molecule has 1 rings (SSSR count). The molecule has 0 atom stereocenters. The van der Waals surface area contributed by atoms with Crippen molar-refractivity contribution in [3.63, 3.8) is 0 Å². The lowest BCUT2D eigenvalue weighted by Crippen LogP contribution is -2.31. The van der Waals surface area contributed by atoms with E-state index in [9.17, 15) is 4.39 Å². The summed E-state index contributed by atoms with van der Waals surface area (Å²) in [5.41, 5.74) is 0.693. The fourth-order valence-electron chi connectivity index (χ4n) is 1.85.